The van der Waals surface area contributed by atoms with Crippen LogP contribution in [0.2, 0.25) is 0 Å². The lowest BCUT2D eigenvalue weighted by atomic mass is 10.2. The average molecular weight is 387 g/mol. The van der Waals surface area contributed by atoms with Gasteiger partial charge in [0, 0.05) is 18.3 Å². The van der Waals surface area contributed by atoms with Gasteiger partial charge in [-0.25, -0.2) is 8.42 Å². The monoisotopic (exact) mass is 386 g/mol. The lowest BCUT2D eigenvalue weighted by Crippen LogP contribution is -2.32. The van der Waals surface area contributed by atoms with Crippen molar-refractivity contribution < 1.29 is 8.42 Å². The Kier molecular flexibility index (Phi) is 4.09. The fourth-order valence-corrected chi connectivity index (χ4v) is 5.94. The van der Waals surface area contributed by atoms with Gasteiger partial charge in [-0.2, -0.15) is 4.31 Å². The van der Waals surface area contributed by atoms with Crippen LogP contribution in [0.25, 0.3) is 0 Å². The number of nitrogens with two attached hydrogens (primary N) is 1. The van der Waals surface area contributed by atoms with E-state index in [-0.39, 0.29) is 6.04 Å². The van der Waals surface area contributed by atoms with Crippen molar-refractivity contribution in [3.05, 3.63) is 45.7 Å². The molecule has 1 aromatic carbocycles. The van der Waals surface area contributed by atoms with Crippen LogP contribution in [0.1, 0.15) is 18.4 Å². The molecular weight excluding hydrogens is 372 g/mol. The summed E-state index contributed by atoms with van der Waals surface area (Å²) in [5.41, 5.74) is 7.31. The molecule has 0 amide bonds. The highest BCUT2D eigenvalue weighted by molar-refractivity contribution is 9.11. The Bertz CT molecular complexity index is 737. The van der Waals surface area contributed by atoms with Crippen LogP contribution in [0.5, 0.6) is 0 Å². The van der Waals surface area contributed by atoms with Gasteiger partial charge in [0.2, 0.25) is 0 Å². The molecule has 1 aromatic heterocycles. The first-order valence-corrected chi connectivity index (χ1v) is 9.63. The van der Waals surface area contributed by atoms with Crippen molar-refractivity contribution in [2.45, 2.75) is 29.6 Å². The third-order valence-corrected chi connectivity index (χ3v) is 7.37. The molecule has 0 atom stereocenters. The van der Waals surface area contributed by atoms with Crippen LogP contribution in [-0.4, -0.2) is 18.8 Å². The molecule has 0 bridgehead atoms. The summed E-state index contributed by atoms with van der Waals surface area (Å²) < 4.78 is 28.4. The molecule has 0 aliphatic heterocycles. The molecule has 0 unspecified atom stereocenters. The Morgan fingerprint density at radius 2 is 1.86 bits per heavy atom. The highest BCUT2D eigenvalue weighted by Gasteiger charge is 2.38. The van der Waals surface area contributed by atoms with E-state index in [1.807, 2.05) is 12.1 Å². The van der Waals surface area contributed by atoms with Gasteiger partial charge >= 0.3 is 0 Å². The molecule has 21 heavy (non-hydrogen) atoms. The Balaban J connectivity index is 1.89. The summed E-state index contributed by atoms with van der Waals surface area (Å²) in [6.45, 7) is 0.392. The molecule has 1 saturated carbocycles. The van der Waals surface area contributed by atoms with Gasteiger partial charge in [0.1, 0.15) is 4.21 Å². The van der Waals surface area contributed by atoms with Gasteiger partial charge in [-0.15, -0.1) is 11.3 Å². The van der Waals surface area contributed by atoms with Crippen molar-refractivity contribution in [2.24, 2.45) is 0 Å². The number of nitrogen functional groups attached to an aromatic ring is 1. The molecule has 1 aliphatic carbocycles. The Morgan fingerprint density at radius 3 is 2.38 bits per heavy atom. The second kappa shape index (κ2) is 5.72. The number of nitrogens with zero attached hydrogens (tertiary/aromatic N) is 1. The maximum atomic E-state index is 12.8. The predicted molar refractivity (Wildman–Crippen MR) is 88.6 cm³/mol. The van der Waals surface area contributed by atoms with Crippen LogP contribution in [-0.2, 0) is 16.6 Å². The zero-order valence-electron chi connectivity index (χ0n) is 11.2. The molecule has 1 heterocycles. The number of hydrogen-bond donors (Lipinski definition) is 1. The van der Waals surface area contributed by atoms with E-state index in [9.17, 15) is 8.42 Å². The molecule has 4 nitrogen and oxygen atoms in total. The van der Waals surface area contributed by atoms with Gasteiger partial charge < -0.3 is 5.73 Å². The zero-order valence-corrected chi connectivity index (χ0v) is 14.4. The van der Waals surface area contributed by atoms with Crippen LogP contribution in [0, 0.1) is 0 Å². The molecule has 0 saturated heterocycles. The Morgan fingerprint density at radius 1 is 1.19 bits per heavy atom. The molecule has 0 spiro atoms. The number of benzene rings is 1. The summed E-state index contributed by atoms with van der Waals surface area (Å²) in [7, 11) is -3.43. The molecule has 112 valence electrons. The minimum atomic E-state index is -3.43. The second-order valence-corrected chi connectivity index (χ2v) is 9.66. The van der Waals surface area contributed by atoms with E-state index in [1.165, 1.54) is 11.3 Å². The first-order chi connectivity index (χ1) is 9.96. The maximum absolute atomic E-state index is 12.8. The van der Waals surface area contributed by atoms with Crippen LogP contribution >= 0.6 is 27.3 Å². The van der Waals surface area contributed by atoms with E-state index in [2.05, 4.69) is 15.9 Å². The highest BCUT2D eigenvalue weighted by Crippen LogP contribution is 2.36. The van der Waals surface area contributed by atoms with E-state index in [4.69, 9.17) is 5.73 Å². The van der Waals surface area contributed by atoms with Gasteiger partial charge in [-0.1, -0.05) is 12.1 Å². The standard InChI is InChI=1S/C14H15BrN2O2S2/c15-13-7-8-14(20-13)21(18,19)17(12-5-6-12)9-10-1-3-11(16)4-2-10/h1-4,7-8,12H,5-6,9,16H2. The summed E-state index contributed by atoms with van der Waals surface area (Å²) >= 11 is 4.57. The number of rotatable bonds is 5. The third kappa shape index (κ3) is 3.31. The zero-order chi connectivity index (χ0) is 15.0. The van der Waals surface area contributed by atoms with E-state index in [0.29, 0.717) is 16.4 Å². The van der Waals surface area contributed by atoms with E-state index >= 15 is 0 Å². The third-order valence-electron chi connectivity index (χ3n) is 3.38. The predicted octanol–water partition coefficient (Wildman–Crippen LogP) is 3.45. The molecule has 7 heteroatoms. The second-order valence-electron chi connectivity index (χ2n) is 5.08. The highest BCUT2D eigenvalue weighted by atomic mass is 79.9. The molecule has 2 N–H and O–H groups in total. The molecule has 2 aromatic rings. The Labute approximate surface area is 136 Å². The van der Waals surface area contributed by atoms with Gasteiger partial charge in [-0.3, -0.25) is 0 Å². The summed E-state index contributed by atoms with van der Waals surface area (Å²) in [6.07, 6.45) is 1.86. The average Bonchev–Trinajstić information content (AvgIpc) is 3.18. The van der Waals surface area contributed by atoms with E-state index in [0.717, 1.165) is 22.2 Å². The number of halogens is 1. The number of anilines is 1. The number of hydrogen-bond acceptors (Lipinski definition) is 4. The van der Waals surface area contributed by atoms with Crippen molar-refractivity contribution in [3.8, 4) is 0 Å². The molecule has 1 fully saturated rings. The molecular formula is C14H15BrN2O2S2. The topological polar surface area (TPSA) is 63.4 Å². The lowest BCUT2D eigenvalue weighted by molar-refractivity contribution is 0.400. The van der Waals surface area contributed by atoms with Crippen LogP contribution < -0.4 is 5.73 Å². The largest absolute Gasteiger partial charge is 0.399 e. The van der Waals surface area contributed by atoms with Crippen molar-refractivity contribution >= 4 is 43.0 Å². The number of sulfonamides is 1. The maximum Gasteiger partial charge on any atom is 0.253 e. The summed E-state index contributed by atoms with van der Waals surface area (Å²) in [5.74, 6) is 0. The molecule has 0 radical (unpaired) electrons. The fourth-order valence-electron chi connectivity index (χ4n) is 2.13. The van der Waals surface area contributed by atoms with Gasteiger partial charge in [-0.05, 0) is 58.6 Å². The summed E-state index contributed by atoms with van der Waals surface area (Å²) in [6, 6.07) is 10.9. The van der Waals surface area contributed by atoms with Crippen molar-refractivity contribution in [2.75, 3.05) is 5.73 Å². The SMILES string of the molecule is Nc1ccc(CN(C2CC2)S(=O)(=O)c2ccc(Br)s2)cc1. The summed E-state index contributed by atoms with van der Waals surface area (Å²) in [5, 5.41) is 0. The van der Waals surface area contributed by atoms with Gasteiger partial charge in [0.05, 0.1) is 3.79 Å². The lowest BCUT2D eigenvalue weighted by Gasteiger charge is -2.21. The normalized spacial score (nSPS) is 15.5. The van der Waals surface area contributed by atoms with Crippen molar-refractivity contribution in [1.82, 2.24) is 4.31 Å². The van der Waals surface area contributed by atoms with Crippen molar-refractivity contribution in [1.29, 1.82) is 0 Å². The first-order valence-electron chi connectivity index (χ1n) is 6.58. The number of thiophene rings is 1. The van der Waals surface area contributed by atoms with Crippen LogP contribution in [0.3, 0.4) is 0 Å². The minimum absolute atomic E-state index is 0.119. The van der Waals surface area contributed by atoms with E-state index < -0.39 is 10.0 Å². The fraction of sp³-hybridized carbons (Fsp3) is 0.286. The van der Waals surface area contributed by atoms with Crippen LogP contribution in [0.4, 0.5) is 5.69 Å². The first kappa shape index (κ1) is 15.0. The summed E-state index contributed by atoms with van der Waals surface area (Å²) in [4.78, 5) is 0. The molecule has 3 rings (SSSR count). The Hall–Kier alpha value is -0.890. The minimum Gasteiger partial charge on any atom is -0.399 e. The van der Waals surface area contributed by atoms with Gasteiger partial charge in [0.25, 0.3) is 10.0 Å². The van der Waals surface area contributed by atoms with E-state index in [1.54, 1.807) is 28.6 Å². The van der Waals surface area contributed by atoms with Crippen molar-refractivity contribution in [3.63, 3.8) is 0 Å². The quantitative estimate of drug-likeness (QED) is 0.800. The van der Waals surface area contributed by atoms with Gasteiger partial charge in [0.15, 0.2) is 0 Å². The van der Waals surface area contributed by atoms with Crippen LogP contribution in [0.15, 0.2) is 44.4 Å². The smallest absolute Gasteiger partial charge is 0.253 e. The molecule has 1 aliphatic rings.